The Morgan fingerprint density at radius 3 is 2.45 bits per heavy atom. The van der Waals surface area contributed by atoms with Crippen molar-refractivity contribution < 1.29 is 22.9 Å². The van der Waals surface area contributed by atoms with Gasteiger partial charge in [0.2, 0.25) is 15.9 Å². The molecule has 0 saturated carbocycles. The van der Waals surface area contributed by atoms with Gasteiger partial charge in [-0.3, -0.25) is 19.8 Å². The van der Waals surface area contributed by atoms with E-state index in [4.69, 9.17) is 4.74 Å². The highest BCUT2D eigenvalue weighted by molar-refractivity contribution is 7.89. The van der Waals surface area contributed by atoms with E-state index in [0.29, 0.717) is 36.8 Å². The van der Waals surface area contributed by atoms with E-state index < -0.39 is 14.9 Å². The zero-order valence-electron chi connectivity index (χ0n) is 17.5. The lowest BCUT2D eigenvalue weighted by Crippen LogP contribution is -2.50. The van der Waals surface area contributed by atoms with Crippen molar-refractivity contribution in [2.45, 2.75) is 18.7 Å². The van der Waals surface area contributed by atoms with Crippen molar-refractivity contribution >= 4 is 38.6 Å². The maximum absolute atomic E-state index is 12.9. The van der Waals surface area contributed by atoms with Gasteiger partial charge in [-0.1, -0.05) is 0 Å². The molecule has 1 N–H and O–H groups in total. The van der Waals surface area contributed by atoms with Crippen molar-refractivity contribution in [2.24, 2.45) is 0 Å². The Balaban J connectivity index is 1.58. The molecule has 12 heteroatoms. The normalized spacial score (nSPS) is 15.6. The van der Waals surface area contributed by atoms with Crippen LogP contribution in [0.3, 0.4) is 0 Å². The van der Waals surface area contributed by atoms with Gasteiger partial charge in [-0.15, -0.1) is 11.3 Å². The summed E-state index contributed by atoms with van der Waals surface area (Å²) in [5, 5.41) is 13.6. The molecule has 31 heavy (non-hydrogen) atoms. The number of nitro benzene ring substituents is 1. The number of sulfonamides is 1. The average Bonchev–Trinajstić information content (AvgIpc) is 3.07. The van der Waals surface area contributed by atoms with Crippen molar-refractivity contribution in [1.29, 1.82) is 0 Å². The number of aryl methyl sites for hydroxylation is 2. The Morgan fingerprint density at radius 1 is 1.23 bits per heavy atom. The predicted molar refractivity (Wildman–Crippen MR) is 117 cm³/mol. The second-order valence-corrected chi connectivity index (χ2v) is 10.5. The fraction of sp³-hybridized carbons (Fsp3) is 0.421. The second kappa shape index (κ2) is 9.30. The van der Waals surface area contributed by atoms with Crippen molar-refractivity contribution in [3.8, 4) is 5.75 Å². The summed E-state index contributed by atoms with van der Waals surface area (Å²) < 4.78 is 32.4. The van der Waals surface area contributed by atoms with Crippen molar-refractivity contribution in [1.82, 2.24) is 9.21 Å². The van der Waals surface area contributed by atoms with Gasteiger partial charge in [-0.25, -0.2) is 8.42 Å². The van der Waals surface area contributed by atoms with Crippen LogP contribution in [-0.2, 0) is 14.8 Å². The van der Waals surface area contributed by atoms with Crippen molar-refractivity contribution in [3.05, 3.63) is 44.1 Å². The molecule has 2 heterocycles. The zero-order valence-corrected chi connectivity index (χ0v) is 19.1. The summed E-state index contributed by atoms with van der Waals surface area (Å²) in [4.78, 5) is 26.7. The minimum absolute atomic E-state index is 0.0740. The molecule has 0 aliphatic carbocycles. The van der Waals surface area contributed by atoms with E-state index in [1.165, 1.54) is 41.0 Å². The number of hydrogen-bond donors (Lipinski definition) is 1. The number of nitrogens with one attached hydrogen (secondary N) is 1. The first-order valence-electron chi connectivity index (χ1n) is 9.53. The van der Waals surface area contributed by atoms with Gasteiger partial charge in [0.1, 0.15) is 5.75 Å². The van der Waals surface area contributed by atoms with Crippen LogP contribution in [-0.4, -0.2) is 68.3 Å². The number of non-ortho nitro benzene ring substituents is 1. The topological polar surface area (TPSA) is 122 Å². The number of nitro groups is 1. The molecule has 1 aromatic heterocycles. The Bertz CT molecular complexity index is 1090. The number of methoxy groups -OCH3 is 1. The summed E-state index contributed by atoms with van der Waals surface area (Å²) in [6, 6.07) is 5.65. The molecule has 1 saturated heterocycles. The monoisotopic (exact) mass is 468 g/mol. The van der Waals surface area contributed by atoms with Crippen LogP contribution < -0.4 is 10.1 Å². The molecule has 0 bridgehead atoms. The van der Waals surface area contributed by atoms with E-state index in [1.807, 2.05) is 11.8 Å². The maximum atomic E-state index is 12.9. The Labute approximate surface area is 184 Å². The number of benzene rings is 1. The fourth-order valence-electron chi connectivity index (χ4n) is 3.42. The van der Waals surface area contributed by atoms with Crippen LogP contribution in [0.4, 0.5) is 11.4 Å². The molecule has 1 amide bonds. The van der Waals surface area contributed by atoms with Crippen molar-refractivity contribution in [3.63, 3.8) is 0 Å². The van der Waals surface area contributed by atoms with E-state index in [0.717, 1.165) is 9.75 Å². The first-order valence-corrected chi connectivity index (χ1v) is 11.8. The number of hydrogen-bond acceptors (Lipinski definition) is 8. The highest BCUT2D eigenvalue weighted by Gasteiger charge is 2.31. The van der Waals surface area contributed by atoms with Crippen LogP contribution in [0.1, 0.15) is 9.75 Å². The van der Waals surface area contributed by atoms with Crippen LogP contribution in [0.2, 0.25) is 0 Å². The molecule has 1 fully saturated rings. The summed E-state index contributed by atoms with van der Waals surface area (Å²) in [5.41, 5.74) is 0.200. The third-order valence-corrected chi connectivity index (χ3v) is 8.10. The number of ether oxygens (including phenoxy) is 1. The molecule has 168 valence electrons. The first-order chi connectivity index (χ1) is 14.6. The van der Waals surface area contributed by atoms with E-state index >= 15 is 0 Å². The van der Waals surface area contributed by atoms with Crippen molar-refractivity contribution in [2.75, 3.05) is 45.2 Å². The standard InChI is InChI=1S/C19H24N4O6S2/c1-13-10-18(14(2)30-13)31(27,28)22-8-6-21(7-9-22)12-19(24)20-16-5-4-15(23(25)26)11-17(16)29-3/h4-5,10-11H,6-9,12H2,1-3H3,(H,20,24). The Morgan fingerprint density at radius 2 is 1.90 bits per heavy atom. The highest BCUT2D eigenvalue weighted by Crippen LogP contribution is 2.30. The molecule has 2 aromatic rings. The summed E-state index contributed by atoms with van der Waals surface area (Å²) in [6.45, 7) is 5.20. The minimum atomic E-state index is -3.55. The van der Waals surface area contributed by atoms with E-state index in [-0.39, 0.29) is 23.9 Å². The molecular formula is C19H24N4O6S2. The van der Waals surface area contributed by atoms with Crippen LogP contribution >= 0.6 is 11.3 Å². The molecule has 0 atom stereocenters. The van der Waals surface area contributed by atoms with E-state index in [9.17, 15) is 23.3 Å². The lowest BCUT2D eigenvalue weighted by atomic mass is 10.2. The zero-order chi connectivity index (χ0) is 22.8. The SMILES string of the molecule is COc1cc([N+](=O)[O-])ccc1NC(=O)CN1CCN(S(=O)(=O)c2cc(C)sc2C)CC1. The number of carbonyl (C=O) groups excluding carboxylic acids is 1. The summed E-state index contributed by atoms with van der Waals surface area (Å²) in [6.07, 6.45) is 0. The molecule has 1 aliphatic heterocycles. The third-order valence-electron chi connectivity index (χ3n) is 4.98. The Kier molecular flexibility index (Phi) is 6.94. The molecular weight excluding hydrogens is 444 g/mol. The smallest absolute Gasteiger partial charge is 0.273 e. The second-order valence-electron chi connectivity index (χ2n) is 7.15. The number of thiophene rings is 1. The first kappa shape index (κ1) is 23.1. The van der Waals surface area contributed by atoms with Gasteiger partial charge in [0.15, 0.2) is 0 Å². The minimum Gasteiger partial charge on any atom is -0.494 e. The van der Waals surface area contributed by atoms with Gasteiger partial charge in [0, 0.05) is 42.0 Å². The summed E-state index contributed by atoms with van der Waals surface area (Å²) >= 11 is 1.46. The van der Waals surface area contributed by atoms with Gasteiger partial charge >= 0.3 is 0 Å². The van der Waals surface area contributed by atoms with Crippen LogP contribution in [0.25, 0.3) is 0 Å². The van der Waals surface area contributed by atoms with E-state index in [2.05, 4.69) is 5.32 Å². The number of rotatable bonds is 7. The van der Waals surface area contributed by atoms with Gasteiger partial charge < -0.3 is 10.1 Å². The maximum Gasteiger partial charge on any atom is 0.273 e. The summed E-state index contributed by atoms with van der Waals surface area (Å²) in [5.74, 6) is -0.118. The number of amides is 1. The number of carbonyl (C=O) groups is 1. The molecule has 10 nitrogen and oxygen atoms in total. The molecule has 3 rings (SSSR count). The summed E-state index contributed by atoms with van der Waals surface area (Å²) in [7, 11) is -2.18. The van der Waals surface area contributed by atoms with Gasteiger partial charge in [0.25, 0.3) is 5.69 Å². The lowest BCUT2D eigenvalue weighted by molar-refractivity contribution is -0.384. The number of anilines is 1. The molecule has 1 aliphatic rings. The fourth-order valence-corrected chi connectivity index (χ4v) is 6.37. The predicted octanol–water partition coefficient (Wildman–Crippen LogP) is 2.23. The van der Waals surface area contributed by atoms with Gasteiger partial charge in [0.05, 0.1) is 35.2 Å². The molecule has 0 unspecified atom stereocenters. The van der Waals surface area contributed by atoms with Crippen LogP contribution in [0.15, 0.2) is 29.2 Å². The largest absolute Gasteiger partial charge is 0.494 e. The number of nitrogens with zero attached hydrogens (tertiary/aromatic N) is 3. The van der Waals surface area contributed by atoms with Crippen LogP contribution in [0, 0.1) is 24.0 Å². The third kappa shape index (κ3) is 5.21. The van der Waals surface area contributed by atoms with E-state index in [1.54, 1.807) is 13.0 Å². The van der Waals surface area contributed by atoms with Gasteiger partial charge in [-0.2, -0.15) is 4.31 Å². The number of piperazine rings is 1. The highest BCUT2D eigenvalue weighted by atomic mass is 32.2. The molecule has 0 radical (unpaired) electrons. The molecule has 1 aromatic carbocycles. The van der Waals surface area contributed by atoms with Crippen LogP contribution in [0.5, 0.6) is 5.75 Å². The molecule has 0 spiro atoms. The lowest BCUT2D eigenvalue weighted by Gasteiger charge is -2.33. The quantitative estimate of drug-likeness (QED) is 0.488. The average molecular weight is 469 g/mol. The Hall–Kier alpha value is -2.54. The van der Waals surface area contributed by atoms with Gasteiger partial charge in [-0.05, 0) is 26.0 Å².